The lowest BCUT2D eigenvalue weighted by molar-refractivity contribution is -0.197. The number of esters is 1. The third-order valence-corrected chi connectivity index (χ3v) is 6.57. The van der Waals surface area contributed by atoms with Crippen LogP contribution in [-0.2, 0) is 9.53 Å². The number of aliphatic hydroxyl groups is 1. The van der Waals surface area contributed by atoms with E-state index in [1.807, 2.05) is 6.92 Å². The van der Waals surface area contributed by atoms with Crippen molar-refractivity contribution >= 4 is 11.8 Å². The number of Topliss-reactive ketones (excluding diaryl/α,β-unsaturated/α-hetero) is 1. The molecule has 0 heterocycles. The van der Waals surface area contributed by atoms with E-state index in [1.165, 1.54) is 0 Å². The molecule has 4 fully saturated rings. The van der Waals surface area contributed by atoms with E-state index in [-0.39, 0.29) is 11.8 Å². The molecule has 27 heavy (non-hydrogen) atoms. The number of ketones is 1. The average molecular weight is 372 g/mol. The summed E-state index contributed by atoms with van der Waals surface area (Å²) in [5, 5.41) is 10.8. The maximum atomic E-state index is 13.0. The molecule has 0 aliphatic heterocycles. The molecule has 4 bridgehead atoms. The third kappa shape index (κ3) is 3.38. The minimum absolute atomic E-state index is 0.213. The molecule has 5 atom stereocenters. The number of carbonyl (C=O) groups excluding carboxylic acids is 2. The molecule has 0 radical (unpaired) electrons. The highest BCUT2D eigenvalue weighted by atomic mass is 16.5. The first-order valence-electron chi connectivity index (χ1n) is 10.0. The van der Waals surface area contributed by atoms with Crippen molar-refractivity contribution in [3.05, 3.63) is 29.8 Å². The van der Waals surface area contributed by atoms with Crippen molar-refractivity contribution in [2.24, 2.45) is 17.3 Å². The maximum absolute atomic E-state index is 13.0. The van der Waals surface area contributed by atoms with Crippen LogP contribution in [0.5, 0.6) is 5.75 Å². The van der Waals surface area contributed by atoms with Gasteiger partial charge in [0, 0.05) is 5.56 Å². The zero-order chi connectivity index (χ0) is 19.2. The van der Waals surface area contributed by atoms with Crippen LogP contribution < -0.4 is 4.74 Å². The Kier molecular flexibility index (Phi) is 4.53. The SMILES string of the molecule is CCOc1ccc(C(=O)[C@H](C)OC(=O)C23C[C@@H]4C[C@@H](CC(O)(C4)C2)C3)cc1. The van der Waals surface area contributed by atoms with Crippen LogP contribution in [0.4, 0.5) is 0 Å². The first-order valence-corrected chi connectivity index (χ1v) is 10.0. The first-order chi connectivity index (χ1) is 12.8. The Bertz CT molecular complexity index is 724. The van der Waals surface area contributed by atoms with Gasteiger partial charge in [0.25, 0.3) is 0 Å². The standard InChI is InChI=1S/C22H28O5/c1-3-26-18-6-4-17(5-7-18)19(23)14(2)27-20(24)21-9-15-8-16(10-21)12-22(25,11-15)13-21/h4-7,14-16,25H,3,8-13H2,1-2H3/t14-,15-,16+,21?,22?/m0/s1. The molecule has 5 nitrogen and oxygen atoms in total. The average Bonchev–Trinajstić information content (AvgIpc) is 2.60. The van der Waals surface area contributed by atoms with Gasteiger partial charge in [-0.25, -0.2) is 0 Å². The van der Waals surface area contributed by atoms with Crippen LogP contribution in [-0.4, -0.2) is 35.2 Å². The second-order valence-electron chi connectivity index (χ2n) is 8.83. The minimum Gasteiger partial charge on any atom is -0.494 e. The molecule has 5 rings (SSSR count). The lowest BCUT2D eigenvalue weighted by atomic mass is 9.48. The highest BCUT2D eigenvalue weighted by Gasteiger charge is 2.61. The van der Waals surface area contributed by atoms with E-state index in [1.54, 1.807) is 31.2 Å². The molecular formula is C22H28O5. The summed E-state index contributed by atoms with van der Waals surface area (Å²) in [6.07, 6.45) is 3.94. The van der Waals surface area contributed by atoms with E-state index in [9.17, 15) is 14.7 Å². The summed E-state index contributed by atoms with van der Waals surface area (Å²) in [6, 6.07) is 6.90. The number of benzene rings is 1. The van der Waals surface area contributed by atoms with E-state index in [2.05, 4.69) is 0 Å². The number of hydrogen-bond acceptors (Lipinski definition) is 5. The maximum Gasteiger partial charge on any atom is 0.312 e. The molecule has 0 spiro atoms. The van der Waals surface area contributed by atoms with Gasteiger partial charge in [-0.1, -0.05) is 0 Å². The summed E-state index contributed by atoms with van der Waals surface area (Å²) in [5.41, 5.74) is -0.819. The second kappa shape index (κ2) is 6.62. The summed E-state index contributed by atoms with van der Waals surface area (Å²) >= 11 is 0. The molecule has 0 saturated heterocycles. The molecule has 4 aliphatic carbocycles. The van der Waals surface area contributed by atoms with Gasteiger partial charge in [0.15, 0.2) is 6.10 Å². The van der Waals surface area contributed by atoms with Crippen LogP contribution >= 0.6 is 0 Å². The fourth-order valence-corrected chi connectivity index (χ4v) is 5.91. The molecular weight excluding hydrogens is 344 g/mol. The van der Waals surface area contributed by atoms with Gasteiger partial charge in [0.2, 0.25) is 5.78 Å². The van der Waals surface area contributed by atoms with Crippen LogP contribution in [0.15, 0.2) is 24.3 Å². The van der Waals surface area contributed by atoms with Crippen molar-refractivity contribution in [3.63, 3.8) is 0 Å². The molecule has 4 saturated carbocycles. The van der Waals surface area contributed by atoms with E-state index in [0.717, 1.165) is 32.1 Å². The van der Waals surface area contributed by atoms with Crippen LogP contribution in [0.25, 0.3) is 0 Å². The van der Waals surface area contributed by atoms with E-state index >= 15 is 0 Å². The summed E-state index contributed by atoms with van der Waals surface area (Å²) in [4.78, 5) is 25.7. The van der Waals surface area contributed by atoms with Crippen molar-refractivity contribution in [3.8, 4) is 5.75 Å². The summed E-state index contributed by atoms with van der Waals surface area (Å²) in [7, 11) is 0. The minimum atomic E-state index is -0.835. The number of carbonyl (C=O) groups is 2. The molecule has 1 aromatic rings. The molecule has 1 N–H and O–H groups in total. The van der Waals surface area contributed by atoms with Crippen LogP contribution in [0.1, 0.15) is 62.7 Å². The van der Waals surface area contributed by atoms with Crippen LogP contribution in [0.2, 0.25) is 0 Å². The molecule has 0 aromatic heterocycles. The Labute approximate surface area is 160 Å². The van der Waals surface area contributed by atoms with Gasteiger partial charge < -0.3 is 14.6 Å². The Morgan fingerprint density at radius 3 is 2.33 bits per heavy atom. The van der Waals surface area contributed by atoms with Crippen molar-refractivity contribution in [1.82, 2.24) is 0 Å². The summed E-state index contributed by atoms with van der Waals surface area (Å²) < 4.78 is 11.0. The lowest BCUT2D eigenvalue weighted by Gasteiger charge is -2.58. The van der Waals surface area contributed by atoms with Gasteiger partial charge in [0.1, 0.15) is 5.75 Å². The largest absolute Gasteiger partial charge is 0.494 e. The Balaban J connectivity index is 1.44. The Hall–Kier alpha value is -1.88. The number of ether oxygens (including phenoxy) is 2. The molecule has 5 heteroatoms. The van der Waals surface area contributed by atoms with Crippen molar-refractivity contribution < 1.29 is 24.2 Å². The fourth-order valence-electron chi connectivity index (χ4n) is 5.91. The highest BCUT2D eigenvalue weighted by Crippen LogP contribution is 2.62. The van der Waals surface area contributed by atoms with Gasteiger partial charge in [-0.3, -0.25) is 9.59 Å². The molecule has 1 aromatic carbocycles. The van der Waals surface area contributed by atoms with Gasteiger partial charge in [-0.15, -0.1) is 0 Å². The zero-order valence-electron chi connectivity index (χ0n) is 16.1. The monoisotopic (exact) mass is 372 g/mol. The number of hydrogen-bond donors (Lipinski definition) is 1. The van der Waals surface area contributed by atoms with Crippen molar-refractivity contribution in [2.75, 3.05) is 6.61 Å². The third-order valence-electron chi connectivity index (χ3n) is 6.57. The van der Waals surface area contributed by atoms with Gasteiger partial charge >= 0.3 is 5.97 Å². The lowest BCUT2D eigenvalue weighted by Crippen LogP contribution is -2.58. The summed E-state index contributed by atoms with van der Waals surface area (Å²) in [5.74, 6) is 0.999. The van der Waals surface area contributed by atoms with E-state index < -0.39 is 17.1 Å². The van der Waals surface area contributed by atoms with Crippen LogP contribution in [0.3, 0.4) is 0 Å². The second-order valence-corrected chi connectivity index (χ2v) is 8.83. The van der Waals surface area contributed by atoms with E-state index in [0.29, 0.717) is 36.2 Å². The molecule has 2 unspecified atom stereocenters. The number of rotatable bonds is 6. The van der Waals surface area contributed by atoms with E-state index in [4.69, 9.17) is 9.47 Å². The quantitative estimate of drug-likeness (QED) is 0.611. The van der Waals surface area contributed by atoms with Gasteiger partial charge in [-0.2, -0.15) is 0 Å². The normalized spacial score (nSPS) is 34.9. The van der Waals surface area contributed by atoms with Gasteiger partial charge in [-0.05, 0) is 88.5 Å². The highest BCUT2D eigenvalue weighted by molar-refractivity contribution is 6.00. The molecule has 146 valence electrons. The van der Waals surface area contributed by atoms with Crippen molar-refractivity contribution in [1.29, 1.82) is 0 Å². The van der Waals surface area contributed by atoms with Crippen molar-refractivity contribution in [2.45, 2.75) is 64.1 Å². The smallest absolute Gasteiger partial charge is 0.312 e. The topological polar surface area (TPSA) is 72.8 Å². The first kappa shape index (κ1) is 18.5. The molecule has 4 aliphatic rings. The predicted octanol–water partition coefficient (Wildman–Crippen LogP) is 3.53. The van der Waals surface area contributed by atoms with Gasteiger partial charge in [0.05, 0.1) is 17.6 Å². The van der Waals surface area contributed by atoms with Crippen LogP contribution in [0, 0.1) is 17.3 Å². The molecule has 0 amide bonds. The fraction of sp³-hybridized carbons (Fsp3) is 0.636. The Morgan fingerprint density at radius 1 is 1.15 bits per heavy atom. The Morgan fingerprint density at radius 2 is 1.78 bits per heavy atom. The zero-order valence-corrected chi connectivity index (χ0v) is 16.1. The summed E-state index contributed by atoms with van der Waals surface area (Å²) in [6.45, 7) is 4.10. The predicted molar refractivity (Wildman–Crippen MR) is 99.6 cm³/mol.